The number of rotatable bonds is 2. The summed E-state index contributed by atoms with van der Waals surface area (Å²) in [7, 11) is 0. The van der Waals surface area contributed by atoms with Crippen LogP contribution in [0.3, 0.4) is 0 Å². The molecule has 0 aliphatic carbocycles. The highest BCUT2D eigenvalue weighted by molar-refractivity contribution is 9.10. The van der Waals surface area contributed by atoms with Crippen molar-refractivity contribution in [3.8, 4) is 5.75 Å². The van der Waals surface area contributed by atoms with E-state index in [0.29, 0.717) is 6.07 Å². The summed E-state index contributed by atoms with van der Waals surface area (Å²) in [6, 6.07) is 2.42. The maximum atomic E-state index is 12.6. The molecule has 0 amide bonds. The lowest BCUT2D eigenvalue weighted by Gasteiger charge is -2.13. The van der Waals surface area contributed by atoms with Crippen molar-refractivity contribution in [1.29, 1.82) is 0 Å². The van der Waals surface area contributed by atoms with E-state index in [0.717, 1.165) is 12.1 Å². The molecule has 0 aliphatic rings. The minimum absolute atomic E-state index is 0.371. The van der Waals surface area contributed by atoms with E-state index in [4.69, 9.17) is 5.11 Å². The van der Waals surface area contributed by atoms with Crippen molar-refractivity contribution in [3.05, 3.63) is 29.3 Å². The Kier molecular flexibility index (Phi) is 3.62. The average molecular weight is 297 g/mol. The Morgan fingerprint density at radius 3 is 2.44 bits per heavy atom. The van der Waals surface area contributed by atoms with E-state index in [-0.39, 0.29) is 5.75 Å². The number of aromatic hydroxyl groups is 1. The van der Waals surface area contributed by atoms with Crippen LogP contribution < -0.4 is 0 Å². The number of hydrogen-bond acceptors (Lipinski definition) is 2. The number of carbonyl (C=O) groups excluding carboxylic acids is 1. The van der Waals surface area contributed by atoms with Gasteiger partial charge in [-0.05, 0) is 25.1 Å². The van der Waals surface area contributed by atoms with Gasteiger partial charge in [0.05, 0.1) is 10.4 Å². The normalized spacial score (nSPS) is 13.6. The van der Waals surface area contributed by atoms with Gasteiger partial charge in [0.15, 0.2) is 5.78 Å². The third-order valence-corrected chi connectivity index (χ3v) is 2.35. The Hall–Kier alpha value is -1.04. The third-order valence-electron chi connectivity index (χ3n) is 1.94. The Bertz CT molecular complexity index is 413. The molecular formula is C10H8BrF3O2. The second-order valence-electron chi connectivity index (χ2n) is 3.21. The minimum atomic E-state index is -4.61. The van der Waals surface area contributed by atoms with Gasteiger partial charge in [-0.15, -0.1) is 0 Å². The molecule has 0 bridgehead atoms. The van der Waals surface area contributed by atoms with Gasteiger partial charge < -0.3 is 5.11 Å². The Morgan fingerprint density at radius 1 is 1.44 bits per heavy atom. The van der Waals surface area contributed by atoms with Crippen LogP contribution in [0.25, 0.3) is 0 Å². The Balaban J connectivity index is 3.35. The lowest BCUT2D eigenvalue weighted by molar-refractivity contribution is -0.137. The lowest BCUT2D eigenvalue weighted by atomic mass is 10.0. The number of hydrogen-bond donors (Lipinski definition) is 1. The number of carbonyl (C=O) groups is 1. The predicted octanol–water partition coefficient (Wildman–Crippen LogP) is 3.38. The lowest BCUT2D eigenvalue weighted by Crippen LogP contribution is -2.17. The molecule has 1 N–H and O–H groups in total. The van der Waals surface area contributed by atoms with E-state index in [1.807, 2.05) is 0 Å². The summed E-state index contributed by atoms with van der Waals surface area (Å²) in [6.45, 7) is 1.42. The first-order valence-electron chi connectivity index (χ1n) is 4.32. The molecule has 0 heterocycles. The van der Waals surface area contributed by atoms with Crippen molar-refractivity contribution in [1.82, 2.24) is 0 Å². The van der Waals surface area contributed by atoms with Crippen LogP contribution in [0.4, 0.5) is 13.2 Å². The van der Waals surface area contributed by atoms with Crippen molar-refractivity contribution in [2.24, 2.45) is 0 Å². The summed E-state index contributed by atoms with van der Waals surface area (Å²) in [5.41, 5.74) is -1.57. The molecule has 0 saturated heterocycles. The zero-order chi connectivity index (χ0) is 12.5. The number of ketones is 1. The van der Waals surface area contributed by atoms with E-state index in [2.05, 4.69) is 15.9 Å². The minimum Gasteiger partial charge on any atom is -0.508 e. The smallest absolute Gasteiger partial charge is 0.417 e. The first-order chi connectivity index (χ1) is 7.23. The summed E-state index contributed by atoms with van der Waals surface area (Å²) in [5.74, 6) is -1.09. The predicted molar refractivity (Wildman–Crippen MR) is 55.8 cm³/mol. The van der Waals surface area contributed by atoms with Crippen LogP contribution in [-0.2, 0) is 6.18 Å². The molecule has 0 aromatic heterocycles. The van der Waals surface area contributed by atoms with Gasteiger partial charge in [0.25, 0.3) is 0 Å². The SMILES string of the molecule is CC(Br)C(=O)c1cc(O)ccc1C(F)(F)F. The van der Waals surface area contributed by atoms with E-state index >= 15 is 0 Å². The van der Waals surface area contributed by atoms with Crippen molar-refractivity contribution in [3.63, 3.8) is 0 Å². The second kappa shape index (κ2) is 4.45. The van der Waals surface area contributed by atoms with Crippen molar-refractivity contribution in [2.75, 3.05) is 0 Å². The maximum absolute atomic E-state index is 12.6. The molecule has 1 atom stereocenters. The number of Topliss-reactive ketones (excluding diaryl/α,β-unsaturated/α-hetero) is 1. The fourth-order valence-electron chi connectivity index (χ4n) is 1.20. The number of phenolic OH excluding ortho intramolecular Hbond substituents is 1. The molecule has 0 saturated carbocycles. The third kappa shape index (κ3) is 2.75. The molecule has 0 fully saturated rings. The van der Waals surface area contributed by atoms with Gasteiger partial charge in [0, 0.05) is 5.56 Å². The second-order valence-corrected chi connectivity index (χ2v) is 4.58. The van der Waals surface area contributed by atoms with Crippen LogP contribution in [-0.4, -0.2) is 15.7 Å². The number of alkyl halides is 4. The molecule has 0 radical (unpaired) electrons. The van der Waals surface area contributed by atoms with Crippen molar-refractivity contribution >= 4 is 21.7 Å². The molecule has 1 aromatic rings. The summed E-state index contributed by atoms with van der Waals surface area (Å²) < 4.78 is 37.7. The number of phenols is 1. The number of halogens is 4. The standard InChI is InChI=1S/C10H8BrF3O2/c1-5(11)9(16)7-4-6(15)2-3-8(7)10(12,13)14/h2-5,15H,1H3. The monoisotopic (exact) mass is 296 g/mol. The van der Waals surface area contributed by atoms with Gasteiger partial charge in [0.1, 0.15) is 5.75 Å². The summed E-state index contributed by atoms with van der Waals surface area (Å²) in [6.07, 6.45) is -4.61. The van der Waals surface area contributed by atoms with E-state index in [9.17, 15) is 18.0 Å². The van der Waals surface area contributed by atoms with Crippen LogP contribution in [0.15, 0.2) is 18.2 Å². The molecule has 1 rings (SSSR count). The highest BCUT2D eigenvalue weighted by Gasteiger charge is 2.35. The van der Waals surface area contributed by atoms with E-state index < -0.39 is 27.9 Å². The maximum Gasteiger partial charge on any atom is 0.417 e. The van der Waals surface area contributed by atoms with Crippen LogP contribution in [0.5, 0.6) is 5.75 Å². The molecule has 0 spiro atoms. The first-order valence-corrected chi connectivity index (χ1v) is 5.23. The first kappa shape index (κ1) is 13.0. The zero-order valence-electron chi connectivity index (χ0n) is 8.18. The van der Waals surface area contributed by atoms with E-state index in [1.165, 1.54) is 6.92 Å². The molecule has 6 heteroatoms. The fraction of sp³-hybridized carbons (Fsp3) is 0.300. The largest absolute Gasteiger partial charge is 0.508 e. The van der Waals surface area contributed by atoms with Gasteiger partial charge in [-0.1, -0.05) is 15.9 Å². The molecule has 0 aliphatic heterocycles. The van der Waals surface area contributed by atoms with Gasteiger partial charge in [0.2, 0.25) is 0 Å². The topological polar surface area (TPSA) is 37.3 Å². The van der Waals surface area contributed by atoms with Gasteiger partial charge in [-0.25, -0.2) is 0 Å². The Morgan fingerprint density at radius 2 is 2.00 bits per heavy atom. The quantitative estimate of drug-likeness (QED) is 0.671. The molecule has 1 unspecified atom stereocenters. The molecule has 16 heavy (non-hydrogen) atoms. The summed E-state index contributed by atoms with van der Waals surface area (Å²) in [4.78, 5) is 10.8. The highest BCUT2D eigenvalue weighted by Crippen LogP contribution is 2.34. The average Bonchev–Trinajstić information content (AvgIpc) is 2.14. The molecule has 88 valence electrons. The summed E-state index contributed by atoms with van der Waals surface area (Å²) >= 11 is 2.90. The van der Waals surface area contributed by atoms with Crippen molar-refractivity contribution in [2.45, 2.75) is 17.9 Å². The van der Waals surface area contributed by atoms with Gasteiger partial charge in [-0.2, -0.15) is 13.2 Å². The highest BCUT2D eigenvalue weighted by atomic mass is 79.9. The van der Waals surface area contributed by atoms with E-state index in [1.54, 1.807) is 0 Å². The van der Waals surface area contributed by atoms with Gasteiger partial charge >= 0.3 is 6.18 Å². The number of benzene rings is 1. The van der Waals surface area contributed by atoms with Crippen molar-refractivity contribution < 1.29 is 23.1 Å². The molecular weight excluding hydrogens is 289 g/mol. The molecule has 2 nitrogen and oxygen atoms in total. The zero-order valence-corrected chi connectivity index (χ0v) is 9.76. The Labute approximate surface area is 98.2 Å². The fourth-order valence-corrected chi connectivity index (χ4v) is 1.44. The van der Waals surface area contributed by atoms with Crippen LogP contribution in [0, 0.1) is 0 Å². The van der Waals surface area contributed by atoms with Gasteiger partial charge in [-0.3, -0.25) is 4.79 Å². The summed E-state index contributed by atoms with van der Waals surface area (Å²) in [5, 5.41) is 9.10. The van der Waals surface area contributed by atoms with Crippen LogP contribution >= 0.6 is 15.9 Å². The van der Waals surface area contributed by atoms with Crippen LogP contribution in [0.1, 0.15) is 22.8 Å². The van der Waals surface area contributed by atoms with Crippen LogP contribution in [0.2, 0.25) is 0 Å². The molecule has 1 aromatic carbocycles.